The number of aryl methyl sites for hydroxylation is 1. The van der Waals surface area contributed by atoms with Crippen LogP contribution < -0.4 is 5.43 Å². The monoisotopic (exact) mass is 401 g/mol. The Balaban J connectivity index is 1.77. The number of hydrogen-bond donors (Lipinski definition) is 1. The molecule has 0 atom stereocenters. The number of carbonyl (C=O) groups is 1. The fourth-order valence-electron chi connectivity index (χ4n) is 2.19. The molecule has 3 rings (SSSR count). The molecular weight excluding hydrogens is 390 g/mol. The maximum absolute atomic E-state index is 12.0. The zero-order valence-electron chi connectivity index (χ0n) is 12.8. The minimum Gasteiger partial charge on any atom is -0.267 e. The lowest BCUT2D eigenvalue weighted by Crippen LogP contribution is -2.17. The molecule has 1 aromatic heterocycles. The molecule has 1 N–H and O–H groups in total. The Morgan fingerprint density at radius 3 is 2.71 bits per heavy atom. The van der Waals surface area contributed by atoms with Gasteiger partial charge in [0.25, 0.3) is 5.91 Å². The number of nitrogens with zero attached hydrogens (tertiary/aromatic N) is 2. The van der Waals surface area contributed by atoms with Crippen LogP contribution >= 0.6 is 27.5 Å². The number of rotatable bonds is 3. The third kappa shape index (κ3) is 3.80. The first-order chi connectivity index (χ1) is 11.5. The Bertz CT molecular complexity index is 939. The van der Waals surface area contributed by atoms with Gasteiger partial charge in [-0.25, -0.2) is 10.4 Å². The molecule has 6 heteroatoms. The van der Waals surface area contributed by atoms with Crippen LogP contribution in [0.25, 0.3) is 10.9 Å². The van der Waals surface area contributed by atoms with Crippen molar-refractivity contribution in [2.45, 2.75) is 6.92 Å². The number of amides is 1. The summed E-state index contributed by atoms with van der Waals surface area (Å²) < 4.78 is 0.909. The second kappa shape index (κ2) is 7.11. The molecule has 0 aliphatic rings. The Morgan fingerprint density at radius 2 is 1.96 bits per heavy atom. The lowest BCUT2D eigenvalue weighted by Gasteiger charge is -2.03. The van der Waals surface area contributed by atoms with E-state index in [0.29, 0.717) is 16.3 Å². The van der Waals surface area contributed by atoms with Gasteiger partial charge in [0, 0.05) is 21.0 Å². The number of pyridine rings is 1. The van der Waals surface area contributed by atoms with E-state index in [0.717, 1.165) is 20.9 Å². The van der Waals surface area contributed by atoms with E-state index in [9.17, 15) is 4.79 Å². The predicted octanol–water partition coefficient (Wildman–Crippen LogP) is 4.72. The number of aromatic nitrogens is 1. The van der Waals surface area contributed by atoms with Gasteiger partial charge in [0.15, 0.2) is 0 Å². The molecule has 0 radical (unpaired) electrons. The van der Waals surface area contributed by atoms with Crippen LogP contribution in [0.5, 0.6) is 0 Å². The summed E-state index contributed by atoms with van der Waals surface area (Å²) in [5.41, 5.74) is 5.59. The fourth-order valence-corrected chi connectivity index (χ4v) is 2.65. The highest BCUT2D eigenvalue weighted by molar-refractivity contribution is 9.10. The molecule has 0 aliphatic heterocycles. The second-order valence-electron chi connectivity index (χ2n) is 5.27. The first-order valence-electron chi connectivity index (χ1n) is 7.19. The maximum Gasteiger partial charge on any atom is 0.271 e. The van der Waals surface area contributed by atoms with E-state index < -0.39 is 0 Å². The van der Waals surface area contributed by atoms with Crippen LogP contribution in [-0.2, 0) is 0 Å². The summed E-state index contributed by atoms with van der Waals surface area (Å²) in [7, 11) is 0. The molecule has 0 aliphatic carbocycles. The number of benzene rings is 2. The number of hydrazone groups is 1. The standard InChI is InChI=1S/C18H13BrClN3O/c1-11-2-3-13-9-14(17(20)22-16(13)8-11)10-21-23-18(24)12-4-6-15(19)7-5-12/h2-10H,1H3,(H,23,24)/b21-10-. The number of halogens is 2. The van der Waals surface area contributed by atoms with E-state index in [1.54, 1.807) is 24.3 Å². The van der Waals surface area contributed by atoms with E-state index in [1.165, 1.54) is 6.21 Å². The Labute approximate surface area is 152 Å². The number of nitrogens with one attached hydrogen (secondary N) is 1. The molecular formula is C18H13BrClN3O. The molecule has 4 nitrogen and oxygen atoms in total. The lowest BCUT2D eigenvalue weighted by molar-refractivity contribution is 0.0955. The van der Waals surface area contributed by atoms with Crippen LogP contribution in [0.15, 0.2) is 58.1 Å². The fraction of sp³-hybridized carbons (Fsp3) is 0.0556. The summed E-state index contributed by atoms with van der Waals surface area (Å²) in [5, 5.41) is 5.27. The van der Waals surface area contributed by atoms with Gasteiger partial charge in [-0.2, -0.15) is 5.10 Å². The van der Waals surface area contributed by atoms with Gasteiger partial charge in [-0.1, -0.05) is 39.7 Å². The highest BCUT2D eigenvalue weighted by Gasteiger charge is 2.05. The molecule has 1 amide bonds. The van der Waals surface area contributed by atoms with Crippen molar-refractivity contribution in [2.24, 2.45) is 5.10 Å². The van der Waals surface area contributed by atoms with Gasteiger partial charge in [-0.05, 0) is 48.9 Å². The third-order valence-electron chi connectivity index (χ3n) is 3.43. The van der Waals surface area contributed by atoms with Crippen molar-refractivity contribution >= 4 is 50.6 Å². The highest BCUT2D eigenvalue weighted by Crippen LogP contribution is 2.20. The predicted molar refractivity (Wildman–Crippen MR) is 101 cm³/mol. The molecule has 24 heavy (non-hydrogen) atoms. The van der Waals surface area contributed by atoms with Gasteiger partial charge in [0.2, 0.25) is 0 Å². The SMILES string of the molecule is Cc1ccc2cc(/C=N\NC(=O)c3ccc(Br)cc3)c(Cl)nc2c1. The van der Waals surface area contributed by atoms with Crippen molar-refractivity contribution in [1.29, 1.82) is 0 Å². The average molecular weight is 403 g/mol. The number of hydrogen-bond acceptors (Lipinski definition) is 3. The van der Waals surface area contributed by atoms with Gasteiger partial charge >= 0.3 is 0 Å². The third-order valence-corrected chi connectivity index (χ3v) is 4.26. The zero-order valence-corrected chi connectivity index (χ0v) is 15.1. The molecule has 1 heterocycles. The first kappa shape index (κ1) is 16.6. The maximum atomic E-state index is 12.0. The summed E-state index contributed by atoms with van der Waals surface area (Å²) in [4.78, 5) is 16.4. The molecule has 0 fully saturated rings. The molecule has 0 saturated heterocycles. The van der Waals surface area contributed by atoms with Crippen LogP contribution in [0, 0.1) is 6.92 Å². The van der Waals surface area contributed by atoms with Crippen LogP contribution in [0.1, 0.15) is 21.5 Å². The smallest absolute Gasteiger partial charge is 0.267 e. The topological polar surface area (TPSA) is 54.4 Å². The van der Waals surface area contributed by atoms with E-state index in [-0.39, 0.29) is 5.91 Å². The summed E-state index contributed by atoms with van der Waals surface area (Å²) in [6.07, 6.45) is 1.49. The van der Waals surface area contributed by atoms with Gasteiger partial charge in [0.05, 0.1) is 11.7 Å². The number of carbonyl (C=O) groups excluding carboxylic acids is 1. The van der Waals surface area contributed by atoms with Crippen LogP contribution in [0.4, 0.5) is 0 Å². The summed E-state index contributed by atoms with van der Waals surface area (Å²) >= 11 is 9.51. The van der Waals surface area contributed by atoms with Crippen molar-refractivity contribution in [3.05, 3.63) is 74.8 Å². The van der Waals surface area contributed by atoms with Gasteiger partial charge in [-0.15, -0.1) is 0 Å². The van der Waals surface area contributed by atoms with Gasteiger partial charge < -0.3 is 0 Å². The van der Waals surface area contributed by atoms with Crippen LogP contribution in [0.2, 0.25) is 5.15 Å². The van der Waals surface area contributed by atoms with Crippen molar-refractivity contribution in [3.8, 4) is 0 Å². The number of fused-ring (bicyclic) bond motifs is 1. The minimum atomic E-state index is -0.292. The molecule has 3 aromatic rings. The Hall–Kier alpha value is -2.24. The molecule has 0 spiro atoms. The normalized spacial score (nSPS) is 11.1. The summed E-state index contributed by atoms with van der Waals surface area (Å²) in [6.45, 7) is 2.00. The highest BCUT2D eigenvalue weighted by atomic mass is 79.9. The van der Waals surface area contributed by atoms with E-state index in [1.807, 2.05) is 31.2 Å². The molecule has 0 saturated carbocycles. The largest absolute Gasteiger partial charge is 0.271 e. The van der Waals surface area contributed by atoms with Gasteiger partial charge in [-0.3, -0.25) is 4.79 Å². The lowest BCUT2D eigenvalue weighted by atomic mass is 10.1. The zero-order chi connectivity index (χ0) is 17.1. The van der Waals surface area contributed by atoms with Crippen molar-refractivity contribution in [2.75, 3.05) is 0 Å². The minimum absolute atomic E-state index is 0.292. The van der Waals surface area contributed by atoms with Crippen molar-refractivity contribution < 1.29 is 4.79 Å². The molecule has 0 unspecified atom stereocenters. The van der Waals surface area contributed by atoms with Crippen LogP contribution in [-0.4, -0.2) is 17.1 Å². The summed E-state index contributed by atoms with van der Waals surface area (Å²) in [6, 6.07) is 14.9. The molecule has 2 aromatic carbocycles. The quantitative estimate of drug-likeness (QED) is 0.391. The summed E-state index contributed by atoms with van der Waals surface area (Å²) in [5.74, 6) is -0.292. The Morgan fingerprint density at radius 1 is 1.21 bits per heavy atom. The van der Waals surface area contributed by atoms with Crippen molar-refractivity contribution in [3.63, 3.8) is 0 Å². The van der Waals surface area contributed by atoms with Crippen LogP contribution in [0.3, 0.4) is 0 Å². The molecule has 0 bridgehead atoms. The van der Waals surface area contributed by atoms with E-state index >= 15 is 0 Å². The van der Waals surface area contributed by atoms with Crippen molar-refractivity contribution in [1.82, 2.24) is 10.4 Å². The Kier molecular flexibility index (Phi) is 4.92. The average Bonchev–Trinajstić information content (AvgIpc) is 2.56. The second-order valence-corrected chi connectivity index (χ2v) is 6.54. The van der Waals surface area contributed by atoms with E-state index in [2.05, 4.69) is 31.4 Å². The molecule has 120 valence electrons. The van der Waals surface area contributed by atoms with Gasteiger partial charge in [0.1, 0.15) is 5.15 Å². The first-order valence-corrected chi connectivity index (χ1v) is 8.36. The van der Waals surface area contributed by atoms with E-state index in [4.69, 9.17) is 11.6 Å².